The molecule has 1 aliphatic heterocycles. The molecule has 0 radical (unpaired) electrons. The average Bonchev–Trinajstić information content (AvgIpc) is 3.26. The molecule has 1 spiro atoms. The number of ketones is 3. The summed E-state index contributed by atoms with van der Waals surface area (Å²) in [5.74, 6) is -0.153. The highest BCUT2D eigenvalue weighted by atomic mass is 16.6. The topological polar surface area (TPSA) is 77.5 Å². The molecular formula is C28H36O5. The lowest BCUT2D eigenvalue weighted by Crippen LogP contribution is -2.53. The van der Waals surface area contributed by atoms with Crippen LogP contribution in [0.4, 0.5) is 0 Å². The first-order valence-electron chi connectivity index (χ1n) is 12.0. The molecular weight excluding hydrogens is 416 g/mol. The fourth-order valence-corrected chi connectivity index (χ4v) is 7.75. The van der Waals surface area contributed by atoms with E-state index in [2.05, 4.69) is 19.9 Å². The zero-order chi connectivity index (χ0) is 22.9. The average molecular weight is 453 g/mol. The van der Waals surface area contributed by atoms with Gasteiger partial charge in [-0.2, -0.15) is 0 Å². The SMILES string of the molecule is C.CC(=O)/C=C/C(=O)[C@@H]1CC2=CC(=O)CC[C@]2(C)C2=CC[C@@]3(C)[C@@H](CC[C@@]34CCC(=O)O4)[C@@H]21. The molecule has 5 heteroatoms. The van der Waals surface area contributed by atoms with Crippen molar-refractivity contribution in [3.63, 3.8) is 0 Å². The summed E-state index contributed by atoms with van der Waals surface area (Å²) in [6.07, 6.45) is 12.6. The van der Waals surface area contributed by atoms with E-state index >= 15 is 0 Å². The molecule has 0 aromatic carbocycles. The summed E-state index contributed by atoms with van der Waals surface area (Å²) in [6, 6.07) is 0. The van der Waals surface area contributed by atoms with Gasteiger partial charge in [0.25, 0.3) is 0 Å². The highest BCUT2D eigenvalue weighted by molar-refractivity contribution is 6.00. The molecule has 0 aromatic rings. The second kappa shape index (κ2) is 7.89. The predicted octanol–water partition coefficient (Wildman–Crippen LogP) is 5.09. The number of hydrogen-bond acceptors (Lipinski definition) is 5. The Morgan fingerprint density at radius 2 is 1.85 bits per heavy atom. The largest absolute Gasteiger partial charge is 0.458 e. The Bertz CT molecular complexity index is 1020. The van der Waals surface area contributed by atoms with E-state index in [4.69, 9.17) is 4.74 Å². The number of allylic oxidation sites excluding steroid dienone is 6. The Balaban J connectivity index is 0.00000259. The van der Waals surface area contributed by atoms with Gasteiger partial charge in [-0.25, -0.2) is 0 Å². The van der Waals surface area contributed by atoms with Gasteiger partial charge >= 0.3 is 5.97 Å². The smallest absolute Gasteiger partial charge is 0.306 e. The number of esters is 1. The van der Waals surface area contributed by atoms with Crippen LogP contribution in [0, 0.1) is 28.6 Å². The van der Waals surface area contributed by atoms with Crippen molar-refractivity contribution in [2.45, 2.75) is 85.2 Å². The molecule has 2 saturated carbocycles. The van der Waals surface area contributed by atoms with Crippen LogP contribution in [-0.2, 0) is 23.9 Å². The standard InChI is InChI=1S/C27H32O5.CH4/c1-16(28)4-5-22(30)19-15-17-14-18(29)6-10-25(17,2)20-7-11-26(3)21(24(19)20)8-12-27(26)13-9-23(31)32-27;/h4-5,7,14,19,21,24H,6,8-13,15H2,1-3H3;1H4/b5-4+;/t19-,21-,24+,25-,26-,27+;/m0./s1. The molecule has 5 aliphatic rings. The maximum absolute atomic E-state index is 13.4. The second-order valence-electron chi connectivity index (χ2n) is 11.0. The number of fused-ring (bicyclic) bond motifs is 6. The number of carbonyl (C=O) groups is 4. The van der Waals surface area contributed by atoms with Crippen LogP contribution >= 0.6 is 0 Å². The van der Waals surface area contributed by atoms with Crippen LogP contribution < -0.4 is 0 Å². The molecule has 1 heterocycles. The van der Waals surface area contributed by atoms with Crippen LogP contribution in [0.2, 0.25) is 0 Å². The van der Waals surface area contributed by atoms with Crippen molar-refractivity contribution in [2.24, 2.45) is 28.6 Å². The lowest BCUT2D eigenvalue weighted by atomic mass is 9.47. The molecule has 33 heavy (non-hydrogen) atoms. The van der Waals surface area contributed by atoms with Crippen LogP contribution in [-0.4, -0.2) is 28.9 Å². The van der Waals surface area contributed by atoms with Gasteiger partial charge in [-0.3, -0.25) is 19.2 Å². The number of hydrogen-bond donors (Lipinski definition) is 0. The molecule has 0 amide bonds. The molecule has 5 rings (SSSR count). The van der Waals surface area contributed by atoms with E-state index in [0.29, 0.717) is 19.3 Å². The van der Waals surface area contributed by atoms with Gasteiger partial charge in [-0.05, 0) is 75.5 Å². The van der Waals surface area contributed by atoms with Crippen LogP contribution in [0.3, 0.4) is 0 Å². The monoisotopic (exact) mass is 452 g/mol. The Kier molecular flexibility index (Phi) is 5.70. The second-order valence-corrected chi connectivity index (χ2v) is 11.0. The van der Waals surface area contributed by atoms with Crippen LogP contribution in [0.5, 0.6) is 0 Å². The first-order chi connectivity index (χ1) is 15.1. The fraction of sp³-hybridized carbons (Fsp3) is 0.643. The first kappa shape index (κ1) is 23.8. The molecule has 0 bridgehead atoms. The van der Waals surface area contributed by atoms with E-state index in [0.717, 1.165) is 37.7 Å². The van der Waals surface area contributed by atoms with Crippen molar-refractivity contribution in [1.82, 2.24) is 0 Å². The van der Waals surface area contributed by atoms with Crippen molar-refractivity contribution in [3.8, 4) is 0 Å². The normalized spacial score (nSPS) is 41.5. The summed E-state index contributed by atoms with van der Waals surface area (Å²) >= 11 is 0. The van der Waals surface area contributed by atoms with E-state index in [9.17, 15) is 19.2 Å². The third kappa shape index (κ3) is 3.33. The van der Waals surface area contributed by atoms with Gasteiger partial charge < -0.3 is 4.74 Å². The van der Waals surface area contributed by atoms with E-state index in [1.54, 1.807) is 6.08 Å². The summed E-state index contributed by atoms with van der Waals surface area (Å²) in [6.45, 7) is 5.93. The Hall–Kier alpha value is -2.30. The summed E-state index contributed by atoms with van der Waals surface area (Å²) in [5, 5.41) is 0. The molecule has 3 fully saturated rings. The van der Waals surface area contributed by atoms with Gasteiger partial charge in [0.1, 0.15) is 5.60 Å². The fourth-order valence-electron chi connectivity index (χ4n) is 7.75. The Morgan fingerprint density at radius 1 is 1.09 bits per heavy atom. The van der Waals surface area contributed by atoms with Crippen molar-refractivity contribution < 1.29 is 23.9 Å². The van der Waals surface area contributed by atoms with Crippen LogP contribution in [0.25, 0.3) is 0 Å². The van der Waals surface area contributed by atoms with Crippen LogP contribution in [0.15, 0.2) is 35.5 Å². The molecule has 0 unspecified atom stereocenters. The van der Waals surface area contributed by atoms with Crippen LogP contribution in [0.1, 0.15) is 79.6 Å². The molecule has 0 N–H and O–H groups in total. The van der Waals surface area contributed by atoms with Gasteiger partial charge in [0.05, 0.1) is 0 Å². The predicted molar refractivity (Wildman–Crippen MR) is 125 cm³/mol. The third-order valence-electron chi connectivity index (χ3n) is 9.57. The maximum atomic E-state index is 13.4. The van der Waals surface area contributed by atoms with Crippen molar-refractivity contribution in [1.29, 1.82) is 0 Å². The number of rotatable bonds is 3. The van der Waals surface area contributed by atoms with Crippen molar-refractivity contribution in [2.75, 3.05) is 0 Å². The maximum Gasteiger partial charge on any atom is 0.306 e. The van der Waals surface area contributed by atoms with Gasteiger partial charge in [0, 0.05) is 29.6 Å². The zero-order valence-electron chi connectivity index (χ0n) is 19.2. The minimum atomic E-state index is -0.431. The lowest BCUT2D eigenvalue weighted by Gasteiger charge is -2.56. The van der Waals surface area contributed by atoms with Gasteiger partial charge in [0.2, 0.25) is 0 Å². The molecule has 178 valence electrons. The molecule has 1 saturated heterocycles. The van der Waals surface area contributed by atoms with Gasteiger partial charge in [-0.15, -0.1) is 0 Å². The highest BCUT2D eigenvalue weighted by Crippen LogP contribution is 2.69. The van der Waals surface area contributed by atoms with E-state index in [1.165, 1.54) is 24.6 Å². The van der Waals surface area contributed by atoms with E-state index < -0.39 is 5.60 Å². The summed E-state index contributed by atoms with van der Waals surface area (Å²) < 4.78 is 6.01. The number of ether oxygens (including phenoxy) is 1. The minimum Gasteiger partial charge on any atom is -0.458 e. The molecule has 0 aromatic heterocycles. The van der Waals surface area contributed by atoms with Crippen molar-refractivity contribution in [3.05, 3.63) is 35.5 Å². The first-order valence-corrected chi connectivity index (χ1v) is 12.0. The quantitative estimate of drug-likeness (QED) is 0.339. The third-order valence-corrected chi connectivity index (χ3v) is 9.57. The van der Waals surface area contributed by atoms with Crippen molar-refractivity contribution >= 4 is 23.3 Å². The summed E-state index contributed by atoms with van der Waals surface area (Å²) in [4.78, 5) is 49.3. The highest BCUT2D eigenvalue weighted by Gasteiger charge is 2.67. The van der Waals surface area contributed by atoms with E-state index in [-0.39, 0.29) is 59.3 Å². The van der Waals surface area contributed by atoms with E-state index in [1.807, 2.05) is 0 Å². The Morgan fingerprint density at radius 3 is 2.52 bits per heavy atom. The molecule has 5 nitrogen and oxygen atoms in total. The Labute approximate surface area is 196 Å². The summed E-state index contributed by atoms with van der Waals surface area (Å²) in [7, 11) is 0. The number of carbonyl (C=O) groups excluding carboxylic acids is 4. The lowest BCUT2D eigenvalue weighted by molar-refractivity contribution is -0.161. The zero-order valence-corrected chi connectivity index (χ0v) is 19.2. The minimum absolute atomic E-state index is 0. The molecule has 6 atom stereocenters. The summed E-state index contributed by atoms with van der Waals surface area (Å²) in [5.41, 5.74) is 1.54. The molecule has 4 aliphatic carbocycles. The van der Waals surface area contributed by atoms with Gasteiger partial charge in [0.15, 0.2) is 17.3 Å². The van der Waals surface area contributed by atoms with Gasteiger partial charge in [-0.1, -0.05) is 38.5 Å².